The van der Waals surface area contributed by atoms with Crippen LogP contribution in [0.1, 0.15) is 15.9 Å². The standard InChI is InChI=1S/C17H16ClN3O2/c1-10-4-6-12(18)9-14(10)19-16(22)11-5-7-13-15(8-11)20-21(2)17(13)23-3/h4-9H,1-3H3,(H,19,22). The maximum atomic E-state index is 12.5. The molecule has 0 aliphatic carbocycles. The summed E-state index contributed by atoms with van der Waals surface area (Å²) < 4.78 is 6.95. The van der Waals surface area contributed by atoms with Crippen LogP contribution in [-0.4, -0.2) is 22.8 Å². The van der Waals surface area contributed by atoms with E-state index in [4.69, 9.17) is 16.3 Å². The quantitative estimate of drug-likeness (QED) is 0.795. The van der Waals surface area contributed by atoms with E-state index in [1.165, 1.54) is 0 Å². The van der Waals surface area contributed by atoms with Crippen molar-refractivity contribution < 1.29 is 9.53 Å². The first kappa shape index (κ1) is 15.4. The van der Waals surface area contributed by atoms with Gasteiger partial charge in [-0.1, -0.05) is 17.7 Å². The van der Waals surface area contributed by atoms with E-state index in [0.29, 0.717) is 27.7 Å². The number of nitrogens with one attached hydrogen (secondary N) is 1. The summed E-state index contributed by atoms with van der Waals surface area (Å²) in [5.74, 6) is 0.458. The van der Waals surface area contributed by atoms with Gasteiger partial charge < -0.3 is 10.1 Å². The zero-order valence-corrected chi connectivity index (χ0v) is 13.8. The number of halogens is 1. The second-order valence-electron chi connectivity index (χ2n) is 5.28. The van der Waals surface area contributed by atoms with Gasteiger partial charge in [0, 0.05) is 23.3 Å². The van der Waals surface area contributed by atoms with Crippen LogP contribution in [0.25, 0.3) is 10.9 Å². The minimum Gasteiger partial charge on any atom is -0.481 e. The smallest absolute Gasteiger partial charge is 0.255 e. The fourth-order valence-electron chi connectivity index (χ4n) is 2.48. The van der Waals surface area contributed by atoms with Gasteiger partial charge in [-0.2, -0.15) is 5.10 Å². The van der Waals surface area contributed by atoms with Crippen molar-refractivity contribution in [3.8, 4) is 5.88 Å². The van der Waals surface area contributed by atoms with Crippen molar-refractivity contribution in [2.24, 2.45) is 7.05 Å². The molecule has 0 unspecified atom stereocenters. The second-order valence-corrected chi connectivity index (χ2v) is 5.71. The predicted molar refractivity (Wildman–Crippen MR) is 91.4 cm³/mol. The van der Waals surface area contributed by atoms with Crippen LogP contribution in [0.3, 0.4) is 0 Å². The molecule has 0 bridgehead atoms. The maximum Gasteiger partial charge on any atom is 0.255 e. The summed E-state index contributed by atoms with van der Waals surface area (Å²) in [5, 5.41) is 8.68. The molecular formula is C17H16ClN3O2. The first-order valence-electron chi connectivity index (χ1n) is 7.08. The van der Waals surface area contributed by atoms with Gasteiger partial charge in [-0.25, -0.2) is 4.68 Å². The molecule has 0 saturated heterocycles. The molecule has 5 nitrogen and oxygen atoms in total. The number of hydrogen-bond donors (Lipinski definition) is 1. The third-order valence-electron chi connectivity index (χ3n) is 3.68. The number of aryl methyl sites for hydroxylation is 2. The van der Waals surface area contributed by atoms with Gasteiger partial charge in [0.05, 0.1) is 18.0 Å². The van der Waals surface area contributed by atoms with Crippen molar-refractivity contribution in [2.75, 3.05) is 12.4 Å². The minimum absolute atomic E-state index is 0.207. The Bertz CT molecular complexity index is 902. The monoisotopic (exact) mass is 329 g/mol. The van der Waals surface area contributed by atoms with Crippen LogP contribution in [-0.2, 0) is 7.05 Å². The van der Waals surface area contributed by atoms with E-state index in [0.717, 1.165) is 10.9 Å². The highest BCUT2D eigenvalue weighted by atomic mass is 35.5. The average molecular weight is 330 g/mol. The Morgan fingerprint density at radius 3 is 2.78 bits per heavy atom. The van der Waals surface area contributed by atoms with Gasteiger partial charge in [0.1, 0.15) is 0 Å². The van der Waals surface area contributed by atoms with Crippen molar-refractivity contribution in [2.45, 2.75) is 6.92 Å². The topological polar surface area (TPSA) is 56.1 Å². The molecule has 1 heterocycles. The summed E-state index contributed by atoms with van der Waals surface area (Å²) in [5.41, 5.74) is 2.88. The molecule has 0 aliphatic heterocycles. The van der Waals surface area contributed by atoms with E-state index in [9.17, 15) is 4.79 Å². The lowest BCUT2D eigenvalue weighted by molar-refractivity contribution is 0.102. The van der Waals surface area contributed by atoms with E-state index < -0.39 is 0 Å². The molecule has 1 aromatic heterocycles. The highest BCUT2D eigenvalue weighted by molar-refractivity contribution is 6.31. The third kappa shape index (κ3) is 2.87. The molecule has 118 valence electrons. The molecule has 3 aromatic rings. The van der Waals surface area contributed by atoms with Crippen molar-refractivity contribution in [1.29, 1.82) is 0 Å². The fraction of sp³-hybridized carbons (Fsp3) is 0.176. The summed E-state index contributed by atoms with van der Waals surface area (Å²) in [6.45, 7) is 1.92. The number of methoxy groups -OCH3 is 1. The summed E-state index contributed by atoms with van der Waals surface area (Å²) in [6.07, 6.45) is 0. The highest BCUT2D eigenvalue weighted by Gasteiger charge is 2.13. The van der Waals surface area contributed by atoms with E-state index in [-0.39, 0.29) is 5.91 Å². The van der Waals surface area contributed by atoms with Gasteiger partial charge in [-0.3, -0.25) is 4.79 Å². The van der Waals surface area contributed by atoms with Crippen LogP contribution < -0.4 is 10.1 Å². The minimum atomic E-state index is -0.207. The summed E-state index contributed by atoms with van der Waals surface area (Å²) in [7, 11) is 3.40. The Morgan fingerprint density at radius 2 is 2.04 bits per heavy atom. The number of rotatable bonds is 3. The number of carbonyl (C=O) groups excluding carboxylic acids is 1. The van der Waals surface area contributed by atoms with Crippen LogP contribution >= 0.6 is 11.6 Å². The van der Waals surface area contributed by atoms with E-state index in [1.54, 1.807) is 43.1 Å². The van der Waals surface area contributed by atoms with Crippen LogP contribution in [0.2, 0.25) is 5.02 Å². The molecule has 0 atom stereocenters. The van der Waals surface area contributed by atoms with Gasteiger partial charge in [0.25, 0.3) is 5.91 Å². The molecule has 0 spiro atoms. The predicted octanol–water partition coefficient (Wildman–Crippen LogP) is 3.80. The maximum absolute atomic E-state index is 12.5. The van der Waals surface area contributed by atoms with E-state index in [2.05, 4.69) is 10.4 Å². The number of anilines is 1. The lowest BCUT2D eigenvalue weighted by Crippen LogP contribution is -2.12. The average Bonchev–Trinajstić information content (AvgIpc) is 2.84. The SMILES string of the molecule is COc1c2ccc(C(=O)Nc3cc(Cl)ccc3C)cc2nn1C. The Kier molecular flexibility index (Phi) is 3.96. The zero-order chi connectivity index (χ0) is 16.6. The van der Waals surface area contributed by atoms with Crippen molar-refractivity contribution in [3.63, 3.8) is 0 Å². The molecule has 0 aliphatic rings. The first-order chi connectivity index (χ1) is 11.0. The highest BCUT2D eigenvalue weighted by Crippen LogP contribution is 2.26. The molecule has 1 amide bonds. The zero-order valence-electron chi connectivity index (χ0n) is 13.1. The molecule has 3 rings (SSSR count). The Hall–Kier alpha value is -2.53. The van der Waals surface area contributed by atoms with Crippen molar-refractivity contribution >= 4 is 34.1 Å². The fourth-order valence-corrected chi connectivity index (χ4v) is 2.66. The van der Waals surface area contributed by atoms with Gasteiger partial charge in [0.15, 0.2) is 0 Å². The number of ether oxygens (including phenoxy) is 1. The number of aromatic nitrogens is 2. The summed E-state index contributed by atoms with van der Waals surface area (Å²) in [4.78, 5) is 12.5. The molecule has 0 saturated carbocycles. The normalized spacial score (nSPS) is 10.8. The van der Waals surface area contributed by atoms with E-state index >= 15 is 0 Å². The Labute approximate surface area is 138 Å². The molecule has 0 fully saturated rings. The number of hydrogen-bond acceptors (Lipinski definition) is 3. The van der Waals surface area contributed by atoms with Crippen molar-refractivity contribution in [1.82, 2.24) is 9.78 Å². The van der Waals surface area contributed by atoms with Crippen LogP contribution in [0.4, 0.5) is 5.69 Å². The molecule has 1 N–H and O–H groups in total. The largest absolute Gasteiger partial charge is 0.481 e. The molecule has 23 heavy (non-hydrogen) atoms. The number of amides is 1. The van der Waals surface area contributed by atoms with Crippen LogP contribution in [0.15, 0.2) is 36.4 Å². The number of nitrogens with zero attached hydrogens (tertiary/aromatic N) is 2. The van der Waals surface area contributed by atoms with Crippen molar-refractivity contribution in [3.05, 3.63) is 52.5 Å². The van der Waals surface area contributed by atoms with Gasteiger partial charge in [0.2, 0.25) is 5.88 Å². The van der Waals surface area contributed by atoms with Crippen LogP contribution in [0, 0.1) is 6.92 Å². The molecule has 2 aromatic carbocycles. The van der Waals surface area contributed by atoms with Gasteiger partial charge in [-0.15, -0.1) is 0 Å². The number of benzene rings is 2. The lowest BCUT2D eigenvalue weighted by Gasteiger charge is -2.09. The number of fused-ring (bicyclic) bond motifs is 1. The van der Waals surface area contributed by atoms with Gasteiger partial charge >= 0.3 is 0 Å². The van der Waals surface area contributed by atoms with Gasteiger partial charge in [-0.05, 0) is 42.8 Å². The molecular weight excluding hydrogens is 314 g/mol. The molecule has 6 heteroatoms. The first-order valence-corrected chi connectivity index (χ1v) is 7.45. The Balaban J connectivity index is 1.93. The van der Waals surface area contributed by atoms with E-state index in [1.807, 2.05) is 19.1 Å². The Morgan fingerprint density at radius 1 is 1.26 bits per heavy atom. The second kappa shape index (κ2) is 5.93. The molecule has 0 radical (unpaired) electrons. The lowest BCUT2D eigenvalue weighted by atomic mass is 10.1. The summed E-state index contributed by atoms with van der Waals surface area (Å²) in [6, 6.07) is 10.7. The number of carbonyl (C=O) groups is 1. The third-order valence-corrected chi connectivity index (χ3v) is 3.92. The summed E-state index contributed by atoms with van der Waals surface area (Å²) >= 11 is 5.98. The van der Waals surface area contributed by atoms with Crippen LogP contribution in [0.5, 0.6) is 5.88 Å².